The molecule has 1 fully saturated rings. The highest BCUT2D eigenvalue weighted by Crippen LogP contribution is 2.23. The summed E-state index contributed by atoms with van der Waals surface area (Å²) in [5.41, 5.74) is 3.32. The molecule has 0 bridgehead atoms. The Balaban J connectivity index is 1.35. The fourth-order valence-corrected chi connectivity index (χ4v) is 4.65. The summed E-state index contributed by atoms with van der Waals surface area (Å²) < 4.78 is 27.0. The predicted molar refractivity (Wildman–Crippen MR) is 136 cm³/mol. The Morgan fingerprint density at radius 3 is 2.31 bits per heavy atom. The van der Waals surface area contributed by atoms with Gasteiger partial charge in [-0.15, -0.1) is 0 Å². The molecule has 3 N–H and O–H groups in total. The number of amides is 3. The number of nitrogens with one attached hydrogen (secondary N) is 3. The Morgan fingerprint density at radius 1 is 0.971 bits per heavy atom. The van der Waals surface area contributed by atoms with E-state index in [1.54, 1.807) is 60.7 Å². The minimum Gasteiger partial charge on any atom is -0.348 e. The van der Waals surface area contributed by atoms with Gasteiger partial charge in [0.2, 0.25) is 0 Å². The van der Waals surface area contributed by atoms with Crippen molar-refractivity contribution >= 4 is 33.3 Å². The van der Waals surface area contributed by atoms with E-state index in [9.17, 15) is 18.0 Å². The molecular formula is C26H28N4O4S. The monoisotopic (exact) mass is 492 g/mol. The van der Waals surface area contributed by atoms with Crippen molar-refractivity contribution < 1.29 is 18.0 Å². The van der Waals surface area contributed by atoms with Crippen LogP contribution in [0, 0.1) is 6.92 Å². The number of carbonyl (C=O) groups excluding carboxylic acids is 2. The summed E-state index contributed by atoms with van der Waals surface area (Å²) in [6.45, 7) is 2.17. The van der Waals surface area contributed by atoms with Gasteiger partial charge in [-0.25, -0.2) is 13.2 Å². The molecule has 1 aliphatic carbocycles. The number of urea groups is 1. The Labute approximate surface area is 205 Å². The lowest BCUT2D eigenvalue weighted by Crippen LogP contribution is -2.30. The SMILES string of the molecule is Cc1ccc(S(=O)(=O)N(C)c2ccc(C(=O)NCc3cccc(NC(=O)NC4CC4)c3)cc2)cc1. The highest BCUT2D eigenvalue weighted by atomic mass is 32.2. The van der Waals surface area contributed by atoms with E-state index in [-0.39, 0.29) is 29.4 Å². The molecule has 9 heteroatoms. The summed E-state index contributed by atoms with van der Waals surface area (Å²) in [6.07, 6.45) is 2.03. The molecule has 0 aliphatic heterocycles. The average Bonchev–Trinajstić information content (AvgIpc) is 3.66. The second-order valence-electron chi connectivity index (χ2n) is 8.59. The molecule has 182 valence electrons. The van der Waals surface area contributed by atoms with Gasteiger partial charge in [-0.1, -0.05) is 29.8 Å². The molecule has 35 heavy (non-hydrogen) atoms. The number of sulfonamides is 1. The zero-order chi connectivity index (χ0) is 25.0. The number of aryl methyl sites for hydroxylation is 1. The van der Waals surface area contributed by atoms with Crippen molar-refractivity contribution in [2.45, 2.75) is 37.2 Å². The van der Waals surface area contributed by atoms with Gasteiger partial charge in [0, 0.05) is 30.9 Å². The third-order valence-electron chi connectivity index (χ3n) is 5.72. The molecule has 3 aromatic carbocycles. The lowest BCUT2D eigenvalue weighted by Gasteiger charge is -2.20. The maximum absolute atomic E-state index is 12.9. The van der Waals surface area contributed by atoms with Crippen LogP contribution in [0.4, 0.5) is 16.2 Å². The highest BCUT2D eigenvalue weighted by Gasteiger charge is 2.23. The smallest absolute Gasteiger partial charge is 0.319 e. The van der Waals surface area contributed by atoms with E-state index in [4.69, 9.17) is 0 Å². The van der Waals surface area contributed by atoms with Crippen LogP contribution in [0.5, 0.6) is 0 Å². The Morgan fingerprint density at radius 2 is 1.66 bits per heavy atom. The van der Waals surface area contributed by atoms with Gasteiger partial charge < -0.3 is 16.0 Å². The van der Waals surface area contributed by atoms with Gasteiger partial charge in [-0.3, -0.25) is 9.10 Å². The topological polar surface area (TPSA) is 108 Å². The molecule has 0 heterocycles. The first-order chi connectivity index (χ1) is 16.7. The van der Waals surface area contributed by atoms with Crippen LogP contribution < -0.4 is 20.3 Å². The van der Waals surface area contributed by atoms with Crippen LogP contribution in [0.25, 0.3) is 0 Å². The van der Waals surface area contributed by atoms with E-state index in [2.05, 4.69) is 16.0 Å². The number of hydrogen-bond acceptors (Lipinski definition) is 4. The van der Waals surface area contributed by atoms with Gasteiger partial charge in [0.15, 0.2) is 0 Å². The fraction of sp³-hybridized carbons (Fsp3) is 0.231. The molecule has 0 unspecified atom stereocenters. The first-order valence-electron chi connectivity index (χ1n) is 11.3. The van der Waals surface area contributed by atoms with E-state index in [1.165, 1.54) is 11.4 Å². The van der Waals surface area contributed by atoms with Crippen LogP contribution in [0.1, 0.15) is 34.3 Å². The van der Waals surface area contributed by atoms with E-state index in [0.717, 1.165) is 24.0 Å². The normalized spacial score (nSPS) is 13.1. The number of rotatable bonds is 8. The van der Waals surface area contributed by atoms with Crippen LogP contribution in [0.15, 0.2) is 77.7 Å². The lowest BCUT2D eigenvalue weighted by molar-refractivity contribution is 0.0951. The van der Waals surface area contributed by atoms with E-state index >= 15 is 0 Å². The molecule has 0 atom stereocenters. The Hall–Kier alpha value is -3.85. The maximum Gasteiger partial charge on any atom is 0.319 e. The van der Waals surface area contributed by atoms with Crippen LogP contribution in [0.2, 0.25) is 0 Å². The lowest BCUT2D eigenvalue weighted by atomic mass is 10.1. The Bertz CT molecular complexity index is 1320. The number of nitrogens with zero attached hydrogens (tertiary/aromatic N) is 1. The average molecular weight is 493 g/mol. The third kappa shape index (κ3) is 6.19. The van der Waals surface area contributed by atoms with Crippen LogP contribution in [0.3, 0.4) is 0 Å². The predicted octanol–water partition coefficient (Wildman–Crippen LogP) is 4.03. The van der Waals surface area contributed by atoms with Crippen molar-refractivity contribution in [3.63, 3.8) is 0 Å². The van der Waals surface area contributed by atoms with E-state index in [0.29, 0.717) is 16.9 Å². The molecule has 0 spiro atoms. The minimum atomic E-state index is -3.71. The van der Waals surface area contributed by atoms with Crippen LogP contribution in [-0.2, 0) is 16.6 Å². The van der Waals surface area contributed by atoms with Gasteiger partial charge in [0.1, 0.15) is 0 Å². The minimum absolute atomic E-state index is 0.203. The third-order valence-corrected chi connectivity index (χ3v) is 7.52. The summed E-state index contributed by atoms with van der Waals surface area (Å²) >= 11 is 0. The molecule has 3 amide bonds. The summed E-state index contributed by atoms with van der Waals surface area (Å²) in [7, 11) is -2.22. The van der Waals surface area contributed by atoms with E-state index in [1.807, 2.05) is 19.1 Å². The number of hydrogen-bond donors (Lipinski definition) is 3. The molecule has 0 saturated heterocycles. The molecule has 1 aliphatic rings. The maximum atomic E-state index is 12.9. The molecule has 1 saturated carbocycles. The zero-order valence-corrected chi connectivity index (χ0v) is 20.4. The molecule has 3 aromatic rings. The number of anilines is 2. The van der Waals surface area contributed by atoms with Crippen molar-refractivity contribution in [3.05, 3.63) is 89.5 Å². The zero-order valence-electron chi connectivity index (χ0n) is 19.6. The molecule has 4 rings (SSSR count). The summed E-state index contributed by atoms with van der Waals surface area (Å²) in [5.74, 6) is -0.287. The molecule has 0 radical (unpaired) electrons. The van der Waals surface area contributed by atoms with Crippen molar-refractivity contribution in [1.82, 2.24) is 10.6 Å². The van der Waals surface area contributed by atoms with Crippen LogP contribution >= 0.6 is 0 Å². The molecule has 0 aromatic heterocycles. The van der Waals surface area contributed by atoms with Crippen molar-refractivity contribution in [1.29, 1.82) is 0 Å². The van der Waals surface area contributed by atoms with Crippen molar-refractivity contribution in [2.24, 2.45) is 0 Å². The quantitative estimate of drug-likeness (QED) is 0.441. The standard InChI is InChI=1S/C26H28N4O4S/c1-18-6-14-24(15-7-18)35(33,34)30(2)23-12-8-20(9-13-23)25(31)27-17-19-4-3-5-22(16-19)29-26(32)28-21-10-11-21/h3-9,12-16,21H,10-11,17H2,1-2H3,(H,27,31)(H2,28,29,32). The molecular weight excluding hydrogens is 464 g/mol. The first kappa shape index (κ1) is 24.3. The van der Waals surface area contributed by atoms with Crippen molar-refractivity contribution in [2.75, 3.05) is 16.7 Å². The summed E-state index contributed by atoms with van der Waals surface area (Å²) in [4.78, 5) is 24.7. The first-order valence-corrected chi connectivity index (χ1v) is 12.8. The number of carbonyl (C=O) groups is 2. The molecule has 8 nitrogen and oxygen atoms in total. The van der Waals surface area contributed by atoms with Gasteiger partial charge in [0.05, 0.1) is 10.6 Å². The largest absolute Gasteiger partial charge is 0.348 e. The second-order valence-corrected chi connectivity index (χ2v) is 10.6. The van der Waals surface area contributed by atoms with Gasteiger partial charge >= 0.3 is 6.03 Å². The van der Waals surface area contributed by atoms with Crippen LogP contribution in [-0.4, -0.2) is 33.4 Å². The summed E-state index contributed by atoms with van der Waals surface area (Å²) in [5, 5.41) is 8.51. The van der Waals surface area contributed by atoms with E-state index < -0.39 is 10.0 Å². The number of benzene rings is 3. The highest BCUT2D eigenvalue weighted by molar-refractivity contribution is 7.92. The fourth-order valence-electron chi connectivity index (χ4n) is 3.45. The van der Waals surface area contributed by atoms with Crippen molar-refractivity contribution in [3.8, 4) is 0 Å². The second kappa shape index (κ2) is 10.2. The van der Waals surface area contributed by atoms with Gasteiger partial charge in [-0.05, 0) is 73.9 Å². The Kier molecular flexibility index (Phi) is 7.07. The summed E-state index contributed by atoms with van der Waals surface area (Å²) in [6, 6.07) is 20.3. The van der Waals surface area contributed by atoms with Gasteiger partial charge in [-0.2, -0.15) is 0 Å². The van der Waals surface area contributed by atoms with Gasteiger partial charge in [0.25, 0.3) is 15.9 Å².